The highest BCUT2D eigenvalue weighted by atomic mass is 31.2. The first kappa shape index (κ1) is 34.2. The van der Waals surface area contributed by atoms with E-state index >= 15 is 0 Å². The maximum atomic E-state index is 12.5. The highest BCUT2D eigenvalue weighted by molar-refractivity contribution is 7.51. The lowest BCUT2D eigenvalue weighted by molar-refractivity contribution is -0.198. The van der Waals surface area contributed by atoms with Crippen molar-refractivity contribution in [3.8, 4) is 11.8 Å². The fourth-order valence-electron chi connectivity index (χ4n) is 10.3. The molecule has 4 fully saturated rings. The maximum absolute atomic E-state index is 12.5. The van der Waals surface area contributed by atoms with Crippen molar-refractivity contribution in [2.75, 3.05) is 12.7 Å². The Kier molecular flexibility index (Phi) is 9.98. The van der Waals surface area contributed by atoms with Crippen molar-refractivity contribution in [2.45, 2.75) is 104 Å². The van der Waals surface area contributed by atoms with Gasteiger partial charge in [0.15, 0.2) is 0 Å². The smallest absolute Gasteiger partial charge is 0.327 e. The number of hydrogen-bond donors (Lipinski definition) is 4. The Balaban J connectivity index is 1.30. The van der Waals surface area contributed by atoms with E-state index in [9.17, 15) is 19.3 Å². The molecule has 8 nitrogen and oxygen atoms in total. The minimum Gasteiger partial charge on any atom is -0.462 e. The molecule has 4 N–H and O–H groups in total. The summed E-state index contributed by atoms with van der Waals surface area (Å²) in [5.41, 5.74) is -0.00131. The molecule has 45 heavy (non-hydrogen) atoms. The van der Waals surface area contributed by atoms with Crippen LogP contribution in [-0.4, -0.2) is 51.2 Å². The SMILES string of the molecule is CC(=O)O[C@@H]1C[C@@H]2C[C@@](O)(C#Cc3ccccc3)CC[C@]2(C)[C@H]2CC[C@]3(C)[C@@H]([C@H](C)CCC(=O)NCCP(=O)(O)O)CC[C@H]3[C@H]12. The molecule has 4 aliphatic rings. The van der Waals surface area contributed by atoms with E-state index in [1.54, 1.807) is 0 Å². The third-order valence-corrected chi connectivity index (χ3v) is 13.4. The Morgan fingerprint density at radius 3 is 2.47 bits per heavy atom. The molecule has 5 rings (SSSR count). The number of nitrogens with one attached hydrogen (secondary N) is 1. The number of benzene rings is 1. The lowest BCUT2D eigenvalue weighted by Crippen LogP contribution is -2.60. The summed E-state index contributed by atoms with van der Waals surface area (Å²) in [5, 5.41) is 14.3. The van der Waals surface area contributed by atoms with Crippen molar-refractivity contribution in [3.05, 3.63) is 35.9 Å². The average Bonchev–Trinajstić information content (AvgIpc) is 3.33. The zero-order valence-corrected chi connectivity index (χ0v) is 28.2. The van der Waals surface area contributed by atoms with Gasteiger partial charge in [-0.1, -0.05) is 50.8 Å². The molecule has 0 unspecified atom stereocenters. The van der Waals surface area contributed by atoms with E-state index in [1.165, 1.54) is 6.92 Å². The molecule has 4 saturated carbocycles. The quantitative estimate of drug-likeness (QED) is 0.163. The van der Waals surface area contributed by atoms with Crippen LogP contribution in [0.3, 0.4) is 0 Å². The highest BCUT2D eigenvalue weighted by Gasteiger charge is 2.64. The third-order valence-electron chi connectivity index (χ3n) is 12.6. The van der Waals surface area contributed by atoms with Crippen LogP contribution in [0.15, 0.2) is 30.3 Å². The fraction of sp³-hybridized carbons (Fsp3) is 0.722. The molecule has 0 aromatic heterocycles. The molecule has 0 aliphatic heterocycles. The van der Waals surface area contributed by atoms with Gasteiger partial charge in [0.2, 0.25) is 5.91 Å². The number of fused-ring (bicyclic) bond motifs is 5. The van der Waals surface area contributed by atoms with E-state index in [0.29, 0.717) is 42.9 Å². The van der Waals surface area contributed by atoms with E-state index in [-0.39, 0.29) is 53.4 Å². The molecule has 0 saturated heterocycles. The molecule has 0 radical (unpaired) electrons. The molecule has 248 valence electrons. The van der Waals surface area contributed by atoms with Crippen molar-refractivity contribution in [2.24, 2.45) is 46.3 Å². The molecule has 9 heteroatoms. The first-order valence-electron chi connectivity index (χ1n) is 16.9. The van der Waals surface area contributed by atoms with Gasteiger partial charge < -0.3 is 24.9 Å². The van der Waals surface area contributed by atoms with Crippen LogP contribution >= 0.6 is 7.60 Å². The summed E-state index contributed by atoms with van der Waals surface area (Å²) >= 11 is 0. The lowest BCUT2D eigenvalue weighted by Gasteiger charge is -2.63. The number of aliphatic hydroxyl groups is 1. The van der Waals surface area contributed by atoms with Gasteiger partial charge in [-0.15, -0.1) is 0 Å². The van der Waals surface area contributed by atoms with E-state index in [1.807, 2.05) is 30.3 Å². The molecule has 0 spiro atoms. The van der Waals surface area contributed by atoms with Gasteiger partial charge in [0.25, 0.3) is 0 Å². The summed E-state index contributed by atoms with van der Waals surface area (Å²) < 4.78 is 17.3. The molecule has 1 aromatic carbocycles. The van der Waals surface area contributed by atoms with Gasteiger partial charge in [0.1, 0.15) is 11.7 Å². The Bertz CT molecular complexity index is 1350. The predicted octanol–water partition coefficient (Wildman–Crippen LogP) is 5.68. The predicted molar refractivity (Wildman–Crippen MR) is 173 cm³/mol. The molecule has 1 amide bonds. The first-order valence-corrected chi connectivity index (χ1v) is 18.7. The van der Waals surface area contributed by atoms with E-state index < -0.39 is 13.2 Å². The van der Waals surface area contributed by atoms with Crippen molar-refractivity contribution in [3.63, 3.8) is 0 Å². The normalized spacial score (nSPS) is 38.0. The first-order chi connectivity index (χ1) is 21.1. The van der Waals surface area contributed by atoms with Crippen LogP contribution in [0.1, 0.15) is 97.5 Å². The van der Waals surface area contributed by atoms with Gasteiger partial charge in [-0.2, -0.15) is 0 Å². The number of amides is 1. The Labute approximate surface area is 268 Å². The molecule has 0 heterocycles. The highest BCUT2D eigenvalue weighted by Crippen LogP contribution is 2.69. The topological polar surface area (TPSA) is 133 Å². The lowest BCUT2D eigenvalue weighted by atomic mass is 9.43. The number of carbonyl (C=O) groups is 2. The van der Waals surface area contributed by atoms with Crippen LogP contribution in [0.4, 0.5) is 0 Å². The van der Waals surface area contributed by atoms with Crippen molar-refractivity contribution < 1.29 is 33.8 Å². The van der Waals surface area contributed by atoms with E-state index in [4.69, 9.17) is 14.5 Å². The van der Waals surface area contributed by atoms with Crippen molar-refractivity contribution in [1.82, 2.24) is 5.32 Å². The zero-order chi connectivity index (χ0) is 32.6. The summed E-state index contributed by atoms with van der Waals surface area (Å²) in [4.78, 5) is 43.0. The standard InChI is InChI=1S/C36H52NO7P/c1-24(10-13-32(39)37-20-21-45(41,42)43)28-11-12-29-33-30(15-16-35(28,29)4)34(3)18-19-36(40,17-14-26-8-6-5-7-9-26)23-27(34)22-31(33)44-25(2)38/h5-9,24,27-31,33,40H,10-13,15-16,18-23H2,1-4H3,(H,37,39)(H2,41,42,43)/t24-,27-,28-,29+,30+,31-,33+,34+,35-,36-/m1/s1. The van der Waals surface area contributed by atoms with Gasteiger partial charge in [0.05, 0.1) is 6.16 Å². The number of ether oxygens (including phenoxy) is 1. The Morgan fingerprint density at radius 1 is 1.07 bits per heavy atom. The second kappa shape index (κ2) is 13.1. The van der Waals surface area contributed by atoms with Crippen molar-refractivity contribution in [1.29, 1.82) is 0 Å². The zero-order valence-electron chi connectivity index (χ0n) is 27.3. The maximum Gasteiger partial charge on any atom is 0.327 e. The van der Waals surface area contributed by atoms with Crippen LogP contribution in [-0.2, 0) is 18.9 Å². The van der Waals surface area contributed by atoms with Gasteiger partial charge in [-0.05, 0) is 110 Å². The van der Waals surface area contributed by atoms with Gasteiger partial charge in [-0.3, -0.25) is 14.2 Å². The molecule has 1 aromatic rings. The summed E-state index contributed by atoms with van der Waals surface area (Å²) in [6.07, 6.45) is 7.84. The van der Waals surface area contributed by atoms with Crippen LogP contribution < -0.4 is 5.32 Å². The molecular formula is C36H52NO7P. The number of rotatable bonds is 8. The summed E-state index contributed by atoms with van der Waals surface area (Å²) in [7, 11) is -4.13. The van der Waals surface area contributed by atoms with Gasteiger partial charge in [-0.25, -0.2) is 0 Å². The minimum atomic E-state index is -4.13. The summed E-state index contributed by atoms with van der Waals surface area (Å²) in [6.45, 7) is 8.59. The van der Waals surface area contributed by atoms with Crippen LogP contribution in [0.5, 0.6) is 0 Å². The van der Waals surface area contributed by atoms with E-state index in [0.717, 1.165) is 50.5 Å². The number of carbonyl (C=O) groups excluding carboxylic acids is 2. The Morgan fingerprint density at radius 2 is 1.78 bits per heavy atom. The van der Waals surface area contributed by atoms with Crippen LogP contribution in [0.2, 0.25) is 0 Å². The summed E-state index contributed by atoms with van der Waals surface area (Å²) in [5.74, 6) is 8.17. The molecular weight excluding hydrogens is 589 g/mol. The molecule has 4 aliphatic carbocycles. The average molecular weight is 642 g/mol. The third kappa shape index (κ3) is 7.38. The monoisotopic (exact) mass is 641 g/mol. The second-order valence-electron chi connectivity index (χ2n) is 15.2. The minimum absolute atomic E-state index is 0.0158. The Hall–Kier alpha value is -2.17. The largest absolute Gasteiger partial charge is 0.462 e. The molecule has 0 bridgehead atoms. The van der Waals surface area contributed by atoms with Gasteiger partial charge >= 0.3 is 13.6 Å². The van der Waals surface area contributed by atoms with Gasteiger partial charge in [0, 0.05) is 31.4 Å². The number of esters is 1. The fourth-order valence-corrected chi connectivity index (χ4v) is 10.7. The van der Waals surface area contributed by atoms with Crippen LogP contribution in [0, 0.1) is 58.2 Å². The van der Waals surface area contributed by atoms with Crippen LogP contribution in [0.25, 0.3) is 0 Å². The van der Waals surface area contributed by atoms with Crippen molar-refractivity contribution >= 4 is 19.5 Å². The number of hydrogen-bond acceptors (Lipinski definition) is 5. The molecule has 10 atom stereocenters. The second-order valence-corrected chi connectivity index (χ2v) is 17.0. The van der Waals surface area contributed by atoms with E-state index in [2.05, 4.69) is 37.9 Å². The summed E-state index contributed by atoms with van der Waals surface area (Å²) in [6, 6.07) is 9.80.